The van der Waals surface area contributed by atoms with Crippen molar-refractivity contribution in [2.45, 2.75) is 85.6 Å². The van der Waals surface area contributed by atoms with Gasteiger partial charge in [-0.2, -0.15) is 5.10 Å². The number of nitrogens with one attached hydrogen (secondary N) is 1. The molecule has 4 aromatic heterocycles. The quantitative estimate of drug-likeness (QED) is 0.258. The number of aryl methyl sites for hydroxylation is 2. The molecule has 1 fully saturated rings. The summed E-state index contributed by atoms with van der Waals surface area (Å²) in [6.07, 6.45) is 8.33. The first-order valence-electron chi connectivity index (χ1n) is 14.3. The van der Waals surface area contributed by atoms with Gasteiger partial charge in [-0.3, -0.25) is 4.90 Å². The summed E-state index contributed by atoms with van der Waals surface area (Å²) in [5.41, 5.74) is 8.51. The van der Waals surface area contributed by atoms with Crippen LogP contribution in [0.1, 0.15) is 85.9 Å². The van der Waals surface area contributed by atoms with Crippen LogP contribution in [0, 0.1) is 26.7 Å². The number of aromatic nitrogens is 4. The van der Waals surface area contributed by atoms with E-state index in [0.29, 0.717) is 30.3 Å². The summed E-state index contributed by atoms with van der Waals surface area (Å²) in [5.74, 6) is 1.63. The van der Waals surface area contributed by atoms with Crippen LogP contribution in [0.15, 0.2) is 12.5 Å². The Bertz CT molecular complexity index is 1610. The maximum absolute atomic E-state index is 11.9. The third-order valence-corrected chi connectivity index (χ3v) is 11.4. The Hall–Kier alpha value is -2.23. The van der Waals surface area contributed by atoms with Crippen molar-refractivity contribution in [3.05, 3.63) is 39.7 Å². The van der Waals surface area contributed by atoms with E-state index in [4.69, 9.17) is 0 Å². The molecule has 0 spiro atoms. The Morgan fingerprint density at radius 3 is 2.51 bits per heavy atom. The summed E-state index contributed by atoms with van der Waals surface area (Å²) < 4.78 is 25.7. The summed E-state index contributed by atoms with van der Waals surface area (Å²) in [4.78, 5) is 13.5. The van der Waals surface area contributed by atoms with E-state index in [-0.39, 0.29) is 5.75 Å². The highest BCUT2D eigenvalue weighted by Gasteiger charge is 2.37. The Morgan fingerprint density at radius 2 is 1.87 bits per heavy atom. The first-order chi connectivity index (χ1) is 18.4. The molecule has 5 heterocycles. The van der Waals surface area contributed by atoms with Crippen LogP contribution in [0.5, 0.6) is 0 Å². The normalized spacial score (nSPS) is 21.1. The van der Waals surface area contributed by atoms with Crippen molar-refractivity contribution in [3.63, 3.8) is 0 Å². The third kappa shape index (κ3) is 5.06. The van der Waals surface area contributed by atoms with E-state index in [2.05, 4.69) is 74.6 Å². The second kappa shape index (κ2) is 10.6. The van der Waals surface area contributed by atoms with Crippen LogP contribution < -0.4 is 0 Å². The monoisotopic (exact) mass is 569 g/mol. The lowest BCUT2D eigenvalue weighted by atomic mass is 9.77. The zero-order chi connectivity index (χ0) is 28.2. The number of fused-ring (bicyclic) bond motifs is 2. The van der Waals surface area contributed by atoms with Crippen molar-refractivity contribution in [2.24, 2.45) is 5.92 Å². The van der Waals surface area contributed by atoms with Gasteiger partial charge in [-0.1, -0.05) is 34.1 Å². The lowest BCUT2D eigenvalue weighted by Crippen LogP contribution is -2.47. The van der Waals surface area contributed by atoms with E-state index in [1.54, 1.807) is 6.33 Å². The van der Waals surface area contributed by atoms with Gasteiger partial charge in [0.2, 0.25) is 0 Å². The number of likely N-dealkylation sites (tertiary alicyclic amines) is 1. The van der Waals surface area contributed by atoms with Gasteiger partial charge in [0.05, 0.1) is 11.4 Å². The molecule has 5 rings (SSSR count). The largest absolute Gasteiger partial charge is 0.346 e. The summed E-state index contributed by atoms with van der Waals surface area (Å²) in [6, 6.07) is 0.416. The van der Waals surface area contributed by atoms with Crippen LogP contribution in [-0.4, -0.2) is 64.0 Å². The van der Waals surface area contributed by atoms with Crippen molar-refractivity contribution in [1.29, 1.82) is 0 Å². The van der Waals surface area contributed by atoms with Gasteiger partial charge >= 0.3 is 0 Å². The molecule has 4 aromatic rings. The van der Waals surface area contributed by atoms with E-state index in [1.165, 1.54) is 49.3 Å². The van der Waals surface area contributed by atoms with E-state index < -0.39 is 9.84 Å². The molecule has 7 nitrogen and oxygen atoms in total. The van der Waals surface area contributed by atoms with Crippen LogP contribution >= 0.6 is 11.3 Å². The number of sulfone groups is 1. The predicted octanol–water partition coefficient (Wildman–Crippen LogP) is 6.63. The number of pyridine rings is 1. The molecule has 39 heavy (non-hydrogen) atoms. The Labute approximate surface area is 236 Å². The van der Waals surface area contributed by atoms with Gasteiger partial charge in [-0.05, 0) is 73.6 Å². The van der Waals surface area contributed by atoms with Gasteiger partial charge in [0.15, 0.2) is 5.65 Å². The molecule has 1 aliphatic heterocycles. The molecule has 0 aliphatic carbocycles. The maximum atomic E-state index is 11.9. The number of nitrogens with zero attached hydrogens (tertiary/aromatic N) is 4. The number of hydrogen-bond acceptors (Lipinski definition) is 6. The minimum atomic E-state index is -2.97. The molecule has 0 unspecified atom stereocenters. The predicted molar refractivity (Wildman–Crippen MR) is 163 cm³/mol. The zero-order valence-corrected chi connectivity index (χ0v) is 26.3. The highest BCUT2D eigenvalue weighted by Crippen LogP contribution is 2.49. The molecule has 1 N–H and O–H groups in total. The number of piperidine rings is 1. The van der Waals surface area contributed by atoms with Crippen molar-refractivity contribution in [1.82, 2.24) is 24.5 Å². The standard InChI is InChI=1S/C30H43N5O2S2/c1-9-21-14-34(11-12-39(8,36)37)22(10-2)13-23(21)28-20(7)26-25(17(3)4)27(33-30(26)38-28)24-15-35-29(31-16-32-35)19(6)18(24)5/h15-17,21-23,33H,9-14H2,1-8H3/t21-,22-,23-/m0/s1. The number of hydrogen-bond donors (Lipinski definition) is 1. The Morgan fingerprint density at radius 1 is 1.13 bits per heavy atom. The smallest absolute Gasteiger partial charge is 0.158 e. The molecule has 9 heteroatoms. The number of thiophene rings is 1. The van der Waals surface area contributed by atoms with Gasteiger partial charge in [0.25, 0.3) is 0 Å². The topological polar surface area (TPSA) is 83.4 Å². The van der Waals surface area contributed by atoms with Crippen molar-refractivity contribution >= 4 is 37.0 Å². The first kappa shape index (κ1) is 28.3. The van der Waals surface area contributed by atoms with E-state index in [1.807, 2.05) is 15.9 Å². The molecule has 0 radical (unpaired) electrons. The molecular weight excluding hydrogens is 526 g/mol. The Kier molecular flexibility index (Phi) is 7.72. The zero-order valence-electron chi connectivity index (χ0n) is 24.6. The number of H-pyrrole nitrogens is 1. The van der Waals surface area contributed by atoms with Crippen LogP contribution in [0.4, 0.5) is 0 Å². The van der Waals surface area contributed by atoms with Crippen LogP contribution in [-0.2, 0) is 9.84 Å². The lowest BCUT2D eigenvalue weighted by Gasteiger charge is -2.44. The van der Waals surface area contributed by atoms with Crippen molar-refractivity contribution < 1.29 is 8.42 Å². The minimum Gasteiger partial charge on any atom is -0.346 e. The van der Waals surface area contributed by atoms with E-state index >= 15 is 0 Å². The molecule has 1 aliphatic rings. The highest BCUT2D eigenvalue weighted by molar-refractivity contribution is 7.90. The Balaban J connectivity index is 1.57. The molecular formula is C30H43N5O2S2. The number of rotatable bonds is 8. The molecule has 0 aromatic carbocycles. The molecule has 0 amide bonds. The average molecular weight is 570 g/mol. The minimum absolute atomic E-state index is 0.242. The number of aromatic amines is 1. The fourth-order valence-corrected chi connectivity index (χ4v) is 8.77. The second-order valence-electron chi connectivity index (χ2n) is 11.9. The van der Waals surface area contributed by atoms with E-state index in [0.717, 1.165) is 37.0 Å². The van der Waals surface area contributed by atoms with Crippen LogP contribution in [0.3, 0.4) is 0 Å². The fourth-order valence-electron chi connectivity index (χ4n) is 6.78. The van der Waals surface area contributed by atoms with Gasteiger partial charge < -0.3 is 4.98 Å². The summed E-state index contributed by atoms with van der Waals surface area (Å²) in [6.45, 7) is 17.4. The fraction of sp³-hybridized carbons (Fsp3) is 0.600. The maximum Gasteiger partial charge on any atom is 0.158 e. The molecule has 212 valence electrons. The SMILES string of the molecule is CC[C@H]1CN(CCS(C)(=O)=O)[C@@H](CC)C[C@@H]1c1sc2[nH]c(-c3cn4ncnc4c(C)c3C)c(C(C)C)c2c1C. The highest BCUT2D eigenvalue weighted by atomic mass is 32.2. The van der Waals surface area contributed by atoms with Gasteiger partial charge in [-0.15, -0.1) is 11.3 Å². The van der Waals surface area contributed by atoms with Gasteiger partial charge in [0, 0.05) is 47.4 Å². The van der Waals surface area contributed by atoms with Crippen molar-refractivity contribution in [3.8, 4) is 11.3 Å². The van der Waals surface area contributed by atoms with Crippen molar-refractivity contribution in [2.75, 3.05) is 25.1 Å². The average Bonchev–Trinajstić information content (AvgIpc) is 3.58. The van der Waals surface area contributed by atoms with Gasteiger partial charge in [0.1, 0.15) is 21.0 Å². The second-order valence-corrected chi connectivity index (χ2v) is 15.2. The van der Waals surface area contributed by atoms with Crippen LogP contribution in [0.25, 0.3) is 27.1 Å². The summed E-state index contributed by atoms with van der Waals surface area (Å²) >= 11 is 1.94. The third-order valence-electron chi connectivity index (χ3n) is 9.10. The molecule has 1 saturated heterocycles. The molecule has 0 bridgehead atoms. The summed E-state index contributed by atoms with van der Waals surface area (Å²) in [7, 11) is -2.97. The van der Waals surface area contributed by atoms with Gasteiger partial charge in [-0.25, -0.2) is 17.9 Å². The molecule has 0 saturated carbocycles. The van der Waals surface area contributed by atoms with E-state index in [9.17, 15) is 8.42 Å². The van der Waals surface area contributed by atoms with Crippen LogP contribution in [0.2, 0.25) is 0 Å². The molecule has 3 atom stereocenters. The summed E-state index contributed by atoms with van der Waals surface area (Å²) in [5, 5.41) is 5.83. The first-order valence-corrected chi connectivity index (χ1v) is 17.2. The lowest BCUT2D eigenvalue weighted by molar-refractivity contribution is 0.0921.